The van der Waals surface area contributed by atoms with Gasteiger partial charge in [0.05, 0.1) is 17.1 Å². The third kappa shape index (κ3) is 4.65. The Labute approximate surface area is 211 Å². The van der Waals surface area contributed by atoms with E-state index in [4.69, 9.17) is 4.42 Å². The molecular weight excluding hydrogens is 504 g/mol. The van der Waals surface area contributed by atoms with Crippen molar-refractivity contribution in [2.75, 3.05) is 0 Å². The predicted molar refractivity (Wildman–Crippen MR) is 142 cm³/mol. The number of aliphatic hydroxyl groups excluding tert-OH is 1. The molecule has 0 aliphatic rings. The van der Waals surface area contributed by atoms with Crippen LogP contribution >= 0.6 is 15.9 Å². The first kappa shape index (κ1) is 23.1. The fourth-order valence-corrected chi connectivity index (χ4v) is 4.98. The molecule has 35 heavy (non-hydrogen) atoms. The SMILES string of the molecule is O=c1oc2ccccc2c(O)c1C(CC(O)c1cc(Br)ccc1-c1ccccc1)c1ccccc1. The minimum absolute atomic E-state index is 0.115. The third-order valence-electron chi connectivity index (χ3n) is 6.29. The van der Waals surface area contributed by atoms with E-state index < -0.39 is 17.6 Å². The molecule has 0 bridgehead atoms. The second-order valence-electron chi connectivity index (χ2n) is 8.46. The van der Waals surface area contributed by atoms with E-state index in [1.54, 1.807) is 24.3 Å². The minimum atomic E-state index is -0.918. The topological polar surface area (TPSA) is 70.7 Å². The maximum Gasteiger partial charge on any atom is 0.343 e. The predicted octanol–water partition coefficient (Wildman–Crippen LogP) is 7.18. The lowest BCUT2D eigenvalue weighted by Gasteiger charge is -2.23. The Balaban J connectivity index is 1.64. The first-order valence-electron chi connectivity index (χ1n) is 11.4. The number of hydrogen-bond acceptors (Lipinski definition) is 4. The van der Waals surface area contributed by atoms with Gasteiger partial charge in [-0.05, 0) is 52.9 Å². The average Bonchev–Trinajstić information content (AvgIpc) is 2.89. The molecule has 2 atom stereocenters. The lowest BCUT2D eigenvalue weighted by molar-refractivity contribution is 0.161. The Kier molecular flexibility index (Phi) is 6.53. The van der Waals surface area contributed by atoms with Crippen molar-refractivity contribution in [1.29, 1.82) is 0 Å². The highest BCUT2D eigenvalue weighted by molar-refractivity contribution is 9.10. The fourth-order valence-electron chi connectivity index (χ4n) is 4.60. The third-order valence-corrected chi connectivity index (χ3v) is 6.78. The largest absolute Gasteiger partial charge is 0.507 e. The van der Waals surface area contributed by atoms with E-state index in [2.05, 4.69) is 15.9 Å². The molecule has 1 heterocycles. The molecular formula is C30H23BrO4. The van der Waals surface area contributed by atoms with Gasteiger partial charge in [-0.25, -0.2) is 4.79 Å². The van der Waals surface area contributed by atoms with Crippen LogP contribution in [0.25, 0.3) is 22.1 Å². The molecule has 174 valence electrons. The molecule has 0 saturated heterocycles. The number of aromatic hydroxyl groups is 1. The van der Waals surface area contributed by atoms with Gasteiger partial charge in [-0.2, -0.15) is 0 Å². The van der Waals surface area contributed by atoms with Gasteiger partial charge >= 0.3 is 5.63 Å². The summed E-state index contributed by atoms with van der Waals surface area (Å²) in [5, 5.41) is 23.2. The molecule has 0 spiro atoms. The lowest BCUT2D eigenvalue weighted by Crippen LogP contribution is -2.17. The van der Waals surface area contributed by atoms with Crippen molar-refractivity contribution in [1.82, 2.24) is 0 Å². The summed E-state index contributed by atoms with van der Waals surface area (Å²) in [5.41, 5.74) is 3.28. The van der Waals surface area contributed by atoms with Crippen LogP contribution in [0, 0.1) is 0 Å². The normalized spacial score (nSPS) is 13.0. The van der Waals surface area contributed by atoms with Crippen LogP contribution in [0.15, 0.2) is 117 Å². The smallest absolute Gasteiger partial charge is 0.343 e. The number of para-hydroxylation sites is 1. The molecule has 5 aromatic rings. The monoisotopic (exact) mass is 526 g/mol. The van der Waals surface area contributed by atoms with Crippen LogP contribution in [-0.4, -0.2) is 10.2 Å². The fraction of sp³-hybridized carbons (Fsp3) is 0.100. The van der Waals surface area contributed by atoms with Crippen molar-refractivity contribution in [2.24, 2.45) is 0 Å². The van der Waals surface area contributed by atoms with Gasteiger partial charge in [0.25, 0.3) is 0 Å². The summed E-state index contributed by atoms with van der Waals surface area (Å²) in [6, 6.07) is 32.0. The molecule has 1 aromatic heterocycles. The molecule has 5 rings (SSSR count). The molecule has 5 heteroatoms. The Hall–Kier alpha value is -3.67. The standard InChI is InChI=1S/C30H23BrO4/c31-21-15-16-22(19-9-3-1-4-10-19)25(17-21)26(32)18-24(20-11-5-2-6-12-20)28-29(33)23-13-7-8-14-27(23)35-30(28)34/h1-17,24,26,32-33H,18H2. The van der Waals surface area contributed by atoms with Gasteiger partial charge < -0.3 is 14.6 Å². The minimum Gasteiger partial charge on any atom is -0.507 e. The number of rotatable bonds is 6. The summed E-state index contributed by atoms with van der Waals surface area (Å²) >= 11 is 3.53. The Bertz CT molecular complexity index is 1530. The van der Waals surface area contributed by atoms with Crippen LogP contribution in [0.2, 0.25) is 0 Å². The van der Waals surface area contributed by atoms with Crippen LogP contribution in [0.5, 0.6) is 5.75 Å². The molecule has 2 unspecified atom stereocenters. The summed E-state index contributed by atoms with van der Waals surface area (Å²) < 4.78 is 6.41. The number of fused-ring (bicyclic) bond motifs is 1. The van der Waals surface area contributed by atoms with Crippen LogP contribution in [0.4, 0.5) is 0 Å². The van der Waals surface area contributed by atoms with Gasteiger partial charge in [-0.1, -0.05) is 94.8 Å². The first-order valence-corrected chi connectivity index (χ1v) is 12.1. The quantitative estimate of drug-likeness (QED) is 0.230. The van der Waals surface area contributed by atoms with Crippen LogP contribution in [0.3, 0.4) is 0 Å². The molecule has 4 aromatic carbocycles. The second-order valence-corrected chi connectivity index (χ2v) is 9.38. The van der Waals surface area contributed by atoms with E-state index in [1.807, 2.05) is 78.9 Å². The van der Waals surface area contributed by atoms with Gasteiger partial charge in [0.15, 0.2) is 0 Å². The zero-order valence-corrected chi connectivity index (χ0v) is 20.4. The summed E-state index contributed by atoms with van der Waals surface area (Å²) in [7, 11) is 0. The molecule has 0 radical (unpaired) electrons. The van der Waals surface area contributed by atoms with Gasteiger partial charge in [0.2, 0.25) is 0 Å². The number of halogens is 1. The van der Waals surface area contributed by atoms with Crippen molar-refractivity contribution < 1.29 is 14.6 Å². The molecule has 4 nitrogen and oxygen atoms in total. The molecule has 0 saturated carbocycles. The van der Waals surface area contributed by atoms with Gasteiger partial charge in [0.1, 0.15) is 11.3 Å². The molecule has 0 aliphatic heterocycles. The van der Waals surface area contributed by atoms with E-state index in [0.29, 0.717) is 11.0 Å². The lowest BCUT2D eigenvalue weighted by atomic mass is 9.83. The molecule has 0 amide bonds. The van der Waals surface area contributed by atoms with Crippen molar-refractivity contribution >= 4 is 26.9 Å². The maximum atomic E-state index is 13.1. The zero-order valence-electron chi connectivity index (χ0n) is 18.8. The molecule has 2 N–H and O–H groups in total. The van der Waals surface area contributed by atoms with Crippen LogP contribution in [-0.2, 0) is 0 Å². The summed E-state index contributed by atoms with van der Waals surface area (Å²) in [6.45, 7) is 0. The van der Waals surface area contributed by atoms with Crippen molar-refractivity contribution in [2.45, 2.75) is 18.4 Å². The summed E-state index contributed by atoms with van der Waals surface area (Å²) in [4.78, 5) is 13.1. The highest BCUT2D eigenvalue weighted by atomic mass is 79.9. The van der Waals surface area contributed by atoms with Crippen LogP contribution < -0.4 is 5.63 Å². The molecule has 0 fully saturated rings. The maximum absolute atomic E-state index is 13.1. The second kappa shape index (κ2) is 9.90. The Morgan fingerprint density at radius 1 is 0.829 bits per heavy atom. The first-order chi connectivity index (χ1) is 17.0. The number of hydrogen-bond donors (Lipinski definition) is 2. The summed E-state index contributed by atoms with van der Waals surface area (Å²) in [6.07, 6.45) is -0.741. The van der Waals surface area contributed by atoms with E-state index in [-0.39, 0.29) is 17.7 Å². The van der Waals surface area contributed by atoms with Crippen molar-refractivity contribution in [3.8, 4) is 16.9 Å². The van der Waals surface area contributed by atoms with Crippen molar-refractivity contribution in [3.05, 3.63) is 135 Å². The highest BCUT2D eigenvalue weighted by Crippen LogP contribution is 2.41. The number of aliphatic hydroxyl groups is 1. The van der Waals surface area contributed by atoms with E-state index in [1.165, 1.54) is 0 Å². The zero-order chi connectivity index (χ0) is 24.4. The van der Waals surface area contributed by atoms with E-state index in [9.17, 15) is 15.0 Å². The highest BCUT2D eigenvalue weighted by Gasteiger charge is 2.28. The van der Waals surface area contributed by atoms with Crippen LogP contribution in [0.1, 0.15) is 35.1 Å². The van der Waals surface area contributed by atoms with E-state index in [0.717, 1.165) is 26.7 Å². The van der Waals surface area contributed by atoms with Gasteiger partial charge in [0, 0.05) is 10.4 Å². The Morgan fingerprint density at radius 3 is 2.23 bits per heavy atom. The summed E-state index contributed by atoms with van der Waals surface area (Å²) in [5.74, 6) is -0.704. The number of benzene rings is 4. The average molecular weight is 527 g/mol. The van der Waals surface area contributed by atoms with Crippen molar-refractivity contribution in [3.63, 3.8) is 0 Å². The Morgan fingerprint density at radius 2 is 1.49 bits per heavy atom. The van der Waals surface area contributed by atoms with Gasteiger partial charge in [-0.3, -0.25) is 0 Å². The van der Waals surface area contributed by atoms with Gasteiger partial charge in [-0.15, -0.1) is 0 Å². The van der Waals surface area contributed by atoms with E-state index >= 15 is 0 Å². The molecule has 0 aliphatic carbocycles.